The quantitative estimate of drug-likeness (QED) is 0.575. The van der Waals surface area contributed by atoms with Gasteiger partial charge in [0.05, 0.1) is 5.71 Å². The van der Waals surface area contributed by atoms with Crippen molar-refractivity contribution in [3.05, 3.63) is 64.1 Å². The molecule has 0 aliphatic carbocycles. The number of rotatable bonds is 7. The van der Waals surface area contributed by atoms with Gasteiger partial charge in [-0.1, -0.05) is 68.9 Å². The summed E-state index contributed by atoms with van der Waals surface area (Å²) in [4.78, 5) is 12.6. The Morgan fingerprint density at radius 3 is 2.17 bits per heavy atom. The smallest absolute Gasteiger partial charge is 0.245 e. The number of hydrogen-bond donors (Lipinski definition) is 1. The van der Waals surface area contributed by atoms with Gasteiger partial charge in [-0.25, -0.2) is 0 Å². The highest BCUT2D eigenvalue weighted by Gasteiger charge is 2.44. The summed E-state index contributed by atoms with van der Waals surface area (Å²) in [6, 6.07) is 14.9. The Morgan fingerprint density at radius 1 is 1.07 bits per heavy atom. The third-order valence-electron chi connectivity index (χ3n) is 5.75. The predicted molar refractivity (Wildman–Crippen MR) is 122 cm³/mol. The first-order valence-electron chi connectivity index (χ1n) is 10.0. The molecule has 2 aromatic carbocycles. The van der Waals surface area contributed by atoms with Gasteiger partial charge in [0.1, 0.15) is 6.54 Å². The maximum Gasteiger partial charge on any atom is 0.245 e. The molecule has 1 N–H and O–H groups in total. The Hall–Kier alpha value is -2.04. The highest BCUT2D eigenvalue weighted by atomic mass is 35.5. The molecule has 0 spiro atoms. The maximum atomic E-state index is 12.6. The van der Waals surface area contributed by atoms with Crippen LogP contribution >= 0.6 is 23.2 Å². The van der Waals surface area contributed by atoms with E-state index in [1.165, 1.54) is 0 Å². The second-order valence-electron chi connectivity index (χ2n) is 7.76. The molecular formula is C23H27Cl2N3O. The number of hydrazone groups is 1. The molecule has 1 amide bonds. The summed E-state index contributed by atoms with van der Waals surface area (Å²) in [5.74, 6) is 0.376. The third-order valence-corrected chi connectivity index (χ3v) is 6.26. The topological polar surface area (TPSA) is 44.7 Å². The number of nitrogens with zero attached hydrogens (tertiary/aromatic N) is 2. The molecule has 0 aromatic heterocycles. The molecule has 3 rings (SSSR count). The summed E-state index contributed by atoms with van der Waals surface area (Å²) >= 11 is 12.0. The van der Waals surface area contributed by atoms with Crippen molar-refractivity contribution >= 4 is 40.5 Å². The minimum absolute atomic E-state index is 0.0969. The lowest BCUT2D eigenvalue weighted by molar-refractivity contribution is -0.117. The molecule has 1 aliphatic rings. The molecule has 29 heavy (non-hydrogen) atoms. The Labute approximate surface area is 182 Å². The zero-order chi connectivity index (χ0) is 21.0. The zero-order valence-corrected chi connectivity index (χ0v) is 18.6. The van der Waals surface area contributed by atoms with E-state index in [1.54, 1.807) is 24.3 Å². The Morgan fingerprint density at radius 2 is 1.62 bits per heavy atom. The second kappa shape index (κ2) is 9.19. The largest absolute Gasteiger partial charge is 0.324 e. The van der Waals surface area contributed by atoms with E-state index in [0.29, 0.717) is 22.5 Å². The SMILES string of the molecule is CCC(CC)C1(C)CN(CC(=O)Nc2ccc(Cl)cc2)N=C1c1ccc(Cl)cc1. The van der Waals surface area contributed by atoms with E-state index < -0.39 is 0 Å². The van der Waals surface area contributed by atoms with Crippen molar-refractivity contribution in [2.75, 3.05) is 18.4 Å². The molecule has 0 saturated heterocycles. The fourth-order valence-electron chi connectivity index (χ4n) is 4.24. The van der Waals surface area contributed by atoms with E-state index in [1.807, 2.05) is 29.3 Å². The number of anilines is 1. The van der Waals surface area contributed by atoms with Gasteiger partial charge in [-0.3, -0.25) is 9.80 Å². The summed E-state index contributed by atoms with van der Waals surface area (Å²) in [6.45, 7) is 7.61. The first-order valence-corrected chi connectivity index (χ1v) is 10.8. The average molecular weight is 432 g/mol. The van der Waals surface area contributed by atoms with Crippen molar-refractivity contribution in [3.8, 4) is 0 Å². The van der Waals surface area contributed by atoms with Crippen molar-refractivity contribution in [2.24, 2.45) is 16.4 Å². The Bertz CT molecular complexity index is 876. The number of halogens is 2. The molecule has 1 atom stereocenters. The minimum Gasteiger partial charge on any atom is -0.324 e. The van der Waals surface area contributed by atoms with Crippen LogP contribution in [0, 0.1) is 11.3 Å². The van der Waals surface area contributed by atoms with Gasteiger partial charge in [-0.2, -0.15) is 5.10 Å². The van der Waals surface area contributed by atoms with Crippen LogP contribution in [0.1, 0.15) is 39.2 Å². The maximum absolute atomic E-state index is 12.6. The lowest BCUT2D eigenvalue weighted by atomic mass is 9.69. The number of nitrogens with one attached hydrogen (secondary N) is 1. The van der Waals surface area contributed by atoms with Gasteiger partial charge in [0.2, 0.25) is 5.91 Å². The minimum atomic E-state index is -0.127. The van der Waals surface area contributed by atoms with Crippen LogP contribution in [0.2, 0.25) is 10.0 Å². The highest BCUT2D eigenvalue weighted by Crippen LogP contribution is 2.41. The van der Waals surface area contributed by atoms with Crippen LogP contribution in [0.25, 0.3) is 0 Å². The lowest BCUT2D eigenvalue weighted by Gasteiger charge is -2.34. The van der Waals surface area contributed by atoms with E-state index in [-0.39, 0.29) is 17.9 Å². The Balaban J connectivity index is 1.81. The van der Waals surface area contributed by atoms with E-state index in [0.717, 1.165) is 29.8 Å². The third kappa shape index (κ3) is 4.93. The van der Waals surface area contributed by atoms with Crippen LogP contribution in [0.4, 0.5) is 5.69 Å². The van der Waals surface area contributed by atoms with Gasteiger partial charge >= 0.3 is 0 Å². The van der Waals surface area contributed by atoms with Crippen LogP contribution in [-0.4, -0.2) is 29.7 Å². The highest BCUT2D eigenvalue weighted by molar-refractivity contribution is 6.31. The molecule has 0 radical (unpaired) electrons. The molecule has 4 nitrogen and oxygen atoms in total. The van der Waals surface area contributed by atoms with Gasteiger partial charge in [-0.15, -0.1) is 0 Å². The van der Waals surface area contributed by atoms with Crippen molar-refractivity contribution in [1.82, 2.24) is 5.01 Å². The van der Waals surface area contributed by atoms with E-state index in [9.17, 15) is 4.79 Å². The molecule has 6 heteroatoms. The average Bonchev–Trinajstić information content (AvgIpc) is 3.02. The molecule has 0 fully saturated rings. The Kier molecular flexibility index (Phi) is 6.86. The van der Waals surface area contributed by atoms with E-state index in [4.69, 9.17) is 28.3 Å². The normalized spacial score (nSPS) is 18.8. The van der Waals surface area contributed by atoms with Crippen LogP contribution < -0.4 is 5.32 Å². The van der Waals surface area contributed by atoms with Crippen molar-refractivity contribution in [2.45, 2.75) is 33.6 Å². The first kappa shape index (κ1) is 21.7. The molecule has 1 aliphatic heterocycles. The van der Waals surface area contributed by atoms with Crippen LogP contribution in [0.5, 0.6) is 0 Å². The zero-order valence-electron chi connectivity index (χ0n) is 17.1. The monoisotopic (exact) mass is 431 g/mol. The van der Waals surface area contributed by atoms with Gasteiger partial charge in [0, 0.05) is 27.7 Å². The fraction of sp³-hybridized carbons (Fsp3) is 0.391. The summed E-state index contributed by atoms with van der Waals surface area (Å²) in [5.41, 5.74) is 2.69. The molecule has 1 unspecified atom stereocenters. The lowest BCUT2D eigenvalue weighted by Crippen LogP contribution is -2.40. The molecule has 1 heterocycles. The predicted octanol–water partition coefficient (Wildman–Crippen LogP) is 6.09. The second-order valence-corrected chi connectivity index (χ2v) is 8.64. The van der Waals surface area contributed by atoms with Gasteiger partial charge in [-0.05, 0) is 47.9 Å². The number of carbonyl (C=O) groups excluding carboxylic acids is 1. The molecule has 0 bridgehead atoms. The summed E-state index contributed by atoms with van der Waals surface area (Å²) in [6.07, 6.45) is 2.12. The van der Waals surface area contributed by atoms with Crippen molar-refractivity contribution in [3.63, 3.8) is 0 Å². The summed E-state index contributed by atoms with van der Waals surface area (Å²) in [5, 5.41) is 11.0. The molecular weight excluding hydrogens is 405 g/mol. The molecule has 2 aromatic rings. The summed E-state index contributed by atoms with van der Waals surface area (Å²) < 4.78 is 0. The van der Waals surface area contributed by atoms with E-state index >= 15 is 0 Å². The van der Waals surface area contributed by atoms with Crippen molar-refractivity contribution in [1.29, 1.82) is 0 Å². The number of benzene rings is 2. The molecule has 154 valence electrons. The van der Waals surface area contributed by atoms with Gasteiger partial charge in [0.15, 0.2) is 0 Å². The fourth-order valence-corrected chi connectivity index (χ4v) is 4.50. The van der Waals surface area contributed by atoms with Gasteiger partial charge in [0.25, 0.3) is 0 Å². The number of hydrogen-bond acceptors (Lipinski definition) is 3. The van der Waals surface area contributed by atoms with Crippen LogP contribution in [-0.2, 0) is 4.79 Å². The first-order chi connectivity index (χ1) is 13.9. The van der Waals surface area contributed by atoms with Gasteiger partial charge < -0.3 is 5.32 Å². The van der Waals surface area contributed by atoms with E-state index in [2.05, 4.69) is 26.1 Å². The van der Waals surface area contributed by atoms with Crippen molar-refractivity contribution < 1.29 is 4.79 Å². The summed E-state index contributed by atoms with van der Waals surface area (Å²) in [7, 11) is 0. The van der Waals surface area contributed by atoms with Crippen LogP contribution in [0.15, 0.2) is 53.6 Å². The molecule has 0 saturated carbocycles. The van der Waals surface area contributed by atoms with Crippen LogP contribution in [0.3, 0.4) is 0 Å². The number of amides is 1. The standard InChI is InChI=1S/C23H27Cl2N3O/c1-4-17(5-2)23(3)15-28(27-22(23)16-6-8-18(24)9-7-16)14-21(29)26-20-12-10-19(25)11-13-20/h6-13,17H,4-5,14-15H2,1-3H3,(H,26,29). The number of carbonyl (C=O) groups is 1.